The Labute approximate surface area is 132 Å². The third-order valence-corrected chi connectivity index (χ3v) is 5.12. The summed E-state index contributed by atoms with van der Waals surface area (Å²) in [6.45, 7) is 2.99. The number of hydrogen-bond acceptors (Lipinski definition) is 4. The molecule has 110 valence electrons. The second-order valence-electron chi connectivity index (χ2n) is 5.10. The average molecular weight is 357 g/mol. The molecule has 0 radical (unpaired) electrons. The standard InChI is InChI=1S/C14H21BrN4S/c1-4-11(16)14(12-5-6-13(15)20-12)18(2)8-10-7-17-19(3)9-10/h5-7,9,11,14H,4,8,16H2,1-3H3. The summed E-state index contributed by atoms with van der Waals surface area (Å²) in [6, 6.07) is 4.61. The Morgan fingerprint density at radius 3 is 2.75 bits per heavy atom. The van der Waals surface area contributed by atoms with Gasteiger partial charge < -0.3 is 5.73 Å². The van der Waals surface area contributed by atoms with Gasteiger partial charge in [0.05, 0.1) is 16.0 Å². The predicted octanol–water partition coefficient (Wildman–Crippen LogP) is 3.15. The van der Waals surface area contributed by atoms with Crippen molar-refractivity contribution >= 4 is 27.3 Å². The summed E-state index contributed by atoms with van der Waals surface area (Å²) in [5.41, 5.74) is 7.55. The molecule has 0 aliphatic rings. The van der Waals surface area contributed by atoms with E-state index in [2.05, 4.69) is 58.2 Å². The number of hydrogen-bond donors (Lipinski definition) is 1. The van der Waals surface area contributed by atoms with Gasteiger partial charge in [0.25, 0.3) is 0 Å². The molecule has 0 saturated heterocycles. The van der Waals surface area contributed by atoms with Crippen molar-refractivity contribution in [3.63, 3.8) is 0 Å². The highest BCUT2D eigenvalue weighted by Gasteiger charge is 2.24. The summed E-state index contributed by atoms with van der Waals surface area (Å²) in [6.07, 6.45) is 4.92. The molecule has 2 aromatic rings. The van der Waals surface area contributed by atoms with Gasteiger partial charge in [0.2, 0.25) is 0 Å². The average Bonchev–Trinajstić information content (AvgIpc) is 2.99. The van der Waals surface area contributed by atoms with Crippen LogP contribution in [0.1, 0.15) is 29.8 Å². The van der Waals surface area contributed by atoms with Crippen LogP contribution >= 0.6 is 27.3 Å². The molecule has 0 saturated carbocycles. The lowest BCUT2D eigenvalue weighted by molar-refractivity contribution is 0.205. The molecule has 0 spiro atoms. The summed E-state index contributed by atoms with van der Waals surface area (Å²) in [7, 11) is 4.07. The van der Waals surface area contributed by atoms with Crippen molar-refractivity contribution in [1.82, 2.24) is 14.7 Å². The van der Waals surface area contributed by atoms with Crippen LogP contribution < -0.4 is 5.73 Å². The number of thiophene rings is 1. The maximum atomic E-state index is 6.35. The van der Waals surface area contributed by atoms with E-state index < -0.39 is 0 Å². The Kier molecular flexibility index (Phi) is 5.37. The zero-order chi connectivity index (χ0) is 14.7. The highest BCUT2D eigenvalue weighted by atomic mass is 79.9. The lowest BCUT2D eigenvalue weighted by Gasteiger charge is -2.31. The van der Waals surface area contributed by atoms with Crippen LogP contribution in [-0.2, 0) is 13.6 Å². The second-order valence-corrected chi connectivity index (χ2v) is 7.59. The van der Waals surface area contributed by atoms with Crippen LogP contribution in [0.4, 0.5) is 0 Å². The maximum absolute atomic E-state index is 6.35. The van der Waals surface area contributed by atoms with Gasteiger partial charge in [0.1, 0.15) is 0 Å². The molecule has 2 aromatic heterocycles. The molecule has 0 aliphatic carbocycles. The molecule has 0 amide bonds. The molecule has 6 heteroatoms. The van der Waals surface area contributed by atoms with Gasteiger partial charge in [-0.2, -0.15) is 5.10 Å². The molecular weight excluding hydrogens is 336 g/mol. The highest BCUT2D eigenvalue weighted by Crippen LogP contribution is 2.33. The first-order chi connectivity index (χ1) is 9.51. The molecule has 20 heavy (non-hydrogen) atoms. The second kappa shape index (κ2) is 6.85. The number of nitrogens with two attached hydrogens (primary N) is 1. The predicted molar refractivity (Wildman–Crippen MR) is 87.7 cm³/mol. The lowest BCUT2D eigenvalue weighted by Crippen LogP contribution is -2.38. The lowest BCUT2D eigenvalue weighted by atomic mass is 10.0. The number of nitrogens with zero attached hydrogens (tertiary/aromatic N) is 3. The minimum absolute atomic E-state index is 0.127. The van der Waals surface area contributed by atoms with Crippen molar-refractivity contribution in [3.8, 4) is 0 Å². The quantitative estimate of drug-likeness (QED) is 0.864. The molecule has 2 N–H and O–H groups in total. The van der Waals surface area contributed by atoms with Gasteiger partial charge >= 0.3 is 0 Å². The van der Waals surface area contributed by atoms with Gasteiger partial charge in [-0.25, -0.2) is 0 Å². The van der Waals surface area contributed by atoms with E-state index >= 15 is 0 Å². The van der Waals surface area contributed by atoms with E-state index in [4.69, 9.17) is 5.73 Å². The smallest absolute Gasteiger partial charge is 0.0702 e. The van der Waals surface area contributed by atoms with E-state index in [1.54, 1.807) is 11.3 Å². The van der Waals surface area contributed by atoms with Crippen molar-refractivity contribution < 1.29 is 0 Å². The van der Waals surface area contributed by atoms with E-state index in [0.717, 1.165) is 16.8 Å². The van der Waals surface area contributed by atoms with Crippen molar-refractivity contribution in [1.29, 1.82) is 0 Å². The largest absolute Gasteiger partial charge is 0.326 e. The van der Waals surface area contributed by atoms with Crippen molar-refractivity contribution in [2.75, 3.05) is 7.05 Å². The SMILES string of the molecule is CCC(N)C(c1ccc(Br)s1)N(C)Cc1cnn(C)c1. The van der Waals surface area contributed by atoms with E-state index in [9.17, 15) is 0 Å². The molecule has 0 aromatic carbocycles. The molecule has 0 fully saturated rings. The van der Waals surface area contributed by atoms with Crippen LogP contribution in [0.2, 0.25) is 0 Å². The molecule has 0 aliphatic heterocycles. The summed E-state index contributed by atoms with van der Waals surface area (Å²) in [5.74, 6) is 0. The Morgan fingerprint density at radius 1 is 1.50 bits per heavy atom. The monoisotopic (exact) mass is 356 g/mol. The van der Waals surface area contributed by atoms with Gasteiger partial charge in [0, 0.05) is 36.3 Å². The molecule has 2 unspecified atom stereocenters. The van der Waals surface area contributed by atoms with Gasteiger partial charge in [-0.05, 0) is 41.5 Å². The van der Waals surface area contributed by atoms with Gasteiger partial charge in [-0.1, -0.05) is 6.92 Å². The summed E-state index contributed by atoms with van der Waals surface area (Å²) in [4.78, 5) is 3.61. The van der Waals surface area contributed by atoms with E-state index in [1.807, 2.05) is 17.9 Å². The van der Waals surface area contributed by atoms with Gasteiger partial charge in [-0.3, -0.25) is 9.58 Å². The first kappa shape index (κ1) is 15.7. The van der Waals surface area contributed by atoms with E-state index in [0.29, 0.717) is 0 Å². The Bertz CT molecular complexity index is 551. The number of aromatic nitrogens is 2. The third kappa shape index (κ3) is 3.69. The van der Waals surface area contributed by atoms with E-state index in [-0.39, 0.29) is 12.1 Å². The van der Waals surface area contributed by atoms with Crippen molar-refractivity contribution in [2.45, 2.75) is 32.0 Å². The van der Waals surface area contributed by atoms with Crippen LogP contribution in [0.25, 0.3) is 0 Å². The molecule has 2 heterocycles. The number of aryl methyl sites for hydroxylation is 1. The zero-order valence-electron chi connectivity index (χ0n) is 12.1. The minimum atomic E-state index is 0.127. The fourth-order valence-corrected chi connectivity index (χ4v) is 4.07. The molecule has 0 bridgehead atoms. The van der Waals surface area contributed by atoms with Crippen molar-refractivity contribution in [3.05, 3.63) is 38.8 Å². The summed E-state index contributed by atoms with van der Waals surface area (Å²) >= 11 is 5.29. The van der Waals surface area contributed by atoms with E-state index in [1.165, 1.54) is 10.4 Å². The topological polar surface area (TPSA) is 47.1 Å². The zero-order valence-corrected chi connectivity index (χ0v) is 14.5. The molecule has 2 atom stereocenters. The normalized spacial score (nSPS) is 14.7. The molecule has 4 nitrogen and oxygen atoms in total. The van der Waals surface area contributed by atoms with Gasteiger partial charge in [0.15, 0.2) is 0 Å². The third-order valence-electron chi connectivity index (χ3n) is 3.43. The van der Waals surface area contributed by atoms with Gasteiger partial charge in [-0.15, -0.1) is 11.3 Å². The van der Waals surface area contributed by atoms with Crippen LogP contribution in [0.5, 0.6) is 0 Å². The number of rotatable bonds is 6. The highest BCUT2D eigenvalue weighted by molar-refractivity contribution is 9.11. The Morgan fingerprint density at radius 2 is 2.25 bits per heavy atom. The summed E-state index contributed by atoms with van der Waals surface area (Å²) < 4.78 is 2.98. The molecular formula is C14H21BrN4S. The first-order valence-corrected chi connectivity index (χ1v) is 8.30. The van der Waals surface area contributed by atoms with Crippen LogP contribution in [0.3, 0.4) is 0 Å². The number of halogens is 1. The van der Waals surface area contributed by atoms with Crippen LogP contribution in [-0.4, -0.2) is 27.8 Å². The Hall–Kier alpha value is -0.690. The maximum Gasteiger partial charge on any atom is 0.0702 e. The fourth-order valence-electron chi connectivity index (χ4n) is 2.41. The minimum Gasteiger partial charge on any atom is -0.326 e. The molecule has 2 rings (SSSR count). The van der Waals surface area contributed by atoms with Crippen LogP contribution in [0.15, 0.2) is 28.3 Å². The number of likely N-dealkylation sites (N-methyl/N-ethyl adjacent to an activating group) is 1. The summed E-state index contributed by atoms with van der Waals surface area (Å²) in [5, 5.41) is 4.22. The van der Waals surface area contributed by atoms with Crippen LogP contribution in [0, 0.1) is 0 Å². The Balaban J connectivity index is 2.17. The first-order valence-electron chi connectivity index (χ1n) is 6.69. The fraction of sp³-hybridized carbons (Fsp3) is 0.500. The van der Waals surface area contributed by atoms with Crippen molar-refractivity contribution in [2.24, 2.45) is 12.8 Å².